The number of aromatic carboxylic acids is 1. The Labute approximate surface area is 234 Å². The van der Waals surface area contributed by atoms with Crippen LogP contribution in [0.1, 0.15) is 93.6 Å². The number of rotatable bonds is 6. The molecule has 2 aliphatic rings. The van der Waals surface area contributed by atoms with Crippen LogP contribution in [0.15, 0.2) is 18.3 Å². The number of nitrogens with zero attached hydrogens (tertiary/aromatic N) is 3. The zero-order valence-corrected chi connectivity index (χ0v) is 24.1. The molecule has 2 aliphatic carbocycles. The van der Waals surface area contributed by atoms with E-state index in [0.717, 1.165) is 49.9 Å². The molecule has 4 rings (SSSR count). The number of carbonyl (C=O) groups excluding carboxylic acids is 1. The van der Waals surface area contributed by atoms with E-state index in [0.29, 0.717) is 35.2 Å². The van der Waals surface area contributed by atoms with Crippen molar-refractivity contribution < 1.29 is 19.4 Å². The predicted octanol–water partition coefficient (Wildman–Crippen LogP) is 6.84. The van der Waals surface area contributed by atoms with Crippen LogP contribution in [0.4, 0.5) is 5.69 Å². The van der Waals surface area contributed by atoms with E-state index in [9.17, 15) is 14.7 Å². The summed E-state index contributed by atoms with van der Waals surface area (Å²) in [5.74, 6) is 6.32. The lowest BCUT2D eigenvalue weighted by molar-refractivity contribution is -0.124. The monoisotopic (exact) mass is 557 g/mol. The second-order valence-electron chi connectivity index (χ2n) is 11.5. The average Bonchev–Trinajstić information content (AvgIpc) is 3.28. The molecular formula is C29H36ClN3O4S. The van der Waals surface area contributed by atoms with Crippen LogP contribution in [0.25, 0.3) is 0 Å². The Morgan fingerprint density at radius 2 is 1.82 bits per heavy atom. The maximum atomic E-state index is 14.1. The topological polar surface area (TPSA) is 92.6 Å². The average molecular weight is 558 g/mol. The van der Waals surface area contributed by atoms with Gasteiger partial charge < -0.3 is 14.7 Å². The van der Waals surface area contributed by atoms with Gasteiger partial charge >= 0.3 is 5.97 Å². The normalized spacial score (nSPS) is 23.7. The second-order valence-corrected chi connectivity index (χ2v) is 12.9. The molecule has 2 saturated carbocycles. The van der Waals surface area contributed by atoms with Gasteiger partial charge in [0.25, 0.3) is 0 Å². The molecule has 0 atom stereocenters. The van der Waals surface area contributed by atoms with E-state index in [1.165, 1.54) is 0 Å². The molecule has 2 heterocycles. The minimum atomic E-state index is -1.03. The van der Waals surface area contributed by atoms with Crippen LogP contribution >= 0.6 is 22.9 Å². The summed E-state index contributed by atoms with van der Waals surface area (Å²) in [4.78, 5) is 37.1. The van der Waals surface area contributed by atoms with E-state index in [4.69, 9.17) is 16.3 Å². The molecule has 0 spiro atoms. The third-order valence-corrected chi connectivity index (χ3v) is 8.44. The number of carboxylic acid groups (broad SMARTS) is 1. The lowest BCUT2D eigenvalue weighted by Gasteiger charge is -2.39. The maximum Gasteiger partial charge on any atom is 0.348 e. The van der Waals surface area contributed by atoms with Gasteiger partial charge in [-0.05, 0) is 95.7 Å². The molecule has 1 amide bonds. The fourth-order valence-corrected chi connectivity index (χ4v) is 6.18. The second kappa shape index (κ2) is 12.0. The Kier molecular flexibility index (Phi) is 9.00. The molecule has 38 heavy (non-hydrogen) atoms. The summed E-state index contributed by atoms with van der Waals surface area (Å²) in [5.41, 5.74) is 0.269. The first-order valence-electron chi connectivity index (χ1n) is 13.4. The molecule has 0 radical (unpaired) electrons. The Balaban J connectivity index is 1.60. The quantitative estimate of drug-likeness (QED) is 0.309. The number of thiophene rings is 1. The molecule has 0 aromatic carbocycles. The number of carbonyl (C=O) groups is 2. The lowest BCUT2D eigenvalue weighted by atomic mass is 9.81. The first-order valence-corrected chi connectivity index (χ1v) is 14.6. The predicted molar refractivity (Wildman–Crippen MR) is 150 cm³/mol. The standard InChI is InChI=1S/C29H36ClN3O4S/c1-18-5-7-19(8-6-18)26(34)33(23-17-22(13-15-29(2,3)4)38-25(23)27(35)36)20-9-11-21(12-10-20)37-24-14-16-31-28(30)32-24/h14,16-21H,5-12H2,1-4H3,(H,35,36). The fourth-order valence-electron chi connectivity index (χ4n) is 5.20. The molecule has 0 aliphatic heterocycles. The Hall–Kier alpha value is -2.63. The van der Waals surface area contributed by atoms with Gasteiger partial charge in [-0.2, -0.15) is 4.98 Å². The summed E-state index contributed by atoms with van der Waals surface area (Å²) in [6, 6.07) is 3.39. The van der Waals surface area contributed by atoms with Crippen molar-refractivity contribution in [1.29, 1.82) is 0 Å². The minimum absolute atomic E-state index is 0.0412. The summed E-state index contributed by atoms with van der Waals surface area (Å²) in [6.45, 7) is 8.28. The van der Waals surface area contributed by atoms with Crippen LogP contribution in [-0.2, 0) is 4.79 Å². The molecule has 9 heteroatoms. The number of ether oxygens (including phenoxy) is 1. The smallest absolute Gasteiger partial charge is 0.348 e. The van der Waals surface area contributed by atoms with Crippen molar-refractivity contribution in [2.75, 3.05) is 4.90 Å². The van der Waals surface area contributed by atoms with Crippen molar-refractivity contribution in [1.82, 2.24) is 9.97 Å². The number of aromatic nitrogens is 2. The summed E-state index contributed by atoms with van der Waals surface area (Å²) in [5, 5.41) is 10.2. The molecule has 1 N–H and O–H groups in total. The van der Waals surface area contributed by atoms with E-state index in [-0.39, 0.29) is 39.5 Å². The summed E-state index contributed by atoms with van der Waals surface area (Å²) in [7, 11) is 0. The zero-order valence-electron chi connectivity index (χ0n) is 22.5. The van der Waals surface area contributed by atoms with Gasteiger partial charge in [-0.15, -0.1) is 11.3 Å². The highest BCUT2D eigenvalue weighted by Gasteiger charge is 2.38. The first-order chi connectivity index (χ1) is 18.0. The fraction of sp³-hybridized carbons (Fsp3) is 0.586. The molecule has 0 saturated heterocycles. The van der Waals surface area contributed by atoms with Crippen LogP contribution in [-0.4, -0.2) is 39.1 Å². The van der Waals surface area contributed by atoms with E-state index < -0.39 is 5.97 Å². The summed E-state index contributed by atoms with van der Waals surface area (Å²) in [6.07, 6.45) is 8.08. The molecule has 204 valence electrons. The van der Waals surface area contributed by atoms with Gasteiger partial charge in [0.05, 0.1) is 10.6 Å². The number of halogens is 1. The maximum absolute atomic E-state index is 14.1. The van der Waals surface area contributed by atoms with E-state index in [1.54, 1.807) is 17.2 Å². The van der Waals surface area contributed by atoms with Crippen LogP contribution in [0.5, 0.6) is 5.88 Å². The number of hydrogen-bond acceptors (Lipinski definition) is 6. The van der Waals surface area contributed by atoms with Gasteiger partial charge in [-0.25, -0.2) is 9.78 Å². The highest BCUT2D eigenvalue weighted by molar-refractivity contribution is 7.15. The number of carboxylic acids is 1. The number of amides is 1. The van der Waals surface area contributed by atoms with E-state index in [1.807, 2.05) is 26.8 Å². The Bertz CT molecular complexity index is 1210. The Morgan fingerprint density at radius 1 is 1.13 bits per heavy atom. The van der Waals surface area contributed by atoms with Crippen molar-refractivity contribution in [3.05, 3.63) is 33.4 Å². The van der Waals surface area contributed by atoms with Gasteiger partial charge in [-0.1, -0.05) is 18.8 Å². The lowest BCUT2D eigenvalue weighted by Crippen LogP contribution is -2.47. The summed E-state index contributed by atoms with van der Waals surface area (Å²) >= 11 is 7.05. The largest absolute Gasteiger partial charge is 0.477 e. The van der Waals surface area contributed by atoms with Crippen LogP contribution in [0.3, 0.4) is 0 Å². The third-order valence-electron chi connectivity index (χ3n) is 7.23. The van der Waals surface area contributed by atoms with Gasteiger partial charge in [0.15, 0.2) is 0 Å². The number of hydrogen-bond donors (Lipinski definition) is 1. The van der Waals surface area contributed by atoms with E-state index in [2.05, 4.69) is 28.7 Å². The van der Waals surface area contributed by atoms with Crippen molar-refractivity contribution in [2.24, 2.45) is 17.3 Å². The molecule has 0 bridgehead atoms. The van der Waals surface area contributed by atoms with Crippen LogP contribution in [0.2, 0.25) is 5.28 Å². The van der Waals surface area contributed by atoms with Crippen LogP contribution < -0.4 is 9.64 Å². The van der Waals surface area contributed by atoms with Crippen molar-refractivity contribution in [3.8, 4) is 17.7 Å². The highest BCUT2D eigenvalue weighted by Crippen LogP contribution is 2.39. The molecule has 2 fully saturated rings. The SMILES string of the molecule is CC1CCC(C(=O)N(c2cc(C#CC(C)(C)C)sc2C(=O)O)C2CCC(Oc3ccnc(Cl)n3)CC2)CC1. The highest BCUT2D eigenvalue weighted by atomic mass is 35.5. The minimum Gasteiger partial charge on any atom is -0.477 e. The number of anilines is 1. The summed E-state index contributed by atoms with van der Waals surface area (Å²) < 4.78 is 6.04. The van der Waals surface area contributed by atoms with Gasteiger partial charge in [0.2, 0.25) is 17.1 Å². The first kappa shape index (κ1) is 28.4. The molecule has 2 aromatic rings. The van der Waals surface area contributed by atoms with Gasteiger partial charge in [0, 0.05) is 29.6 Å². The Morgan fingerprint density at radius 3 is 2.42 bits per heavy atom. The molecular weight excluding hydrogens is 522 g/mol. The third kappa shape index (κ3) is 7.27. The van der Waals surface area contributed by atoms with Crippen molar-refractivity contribution >= 4 is 40.5 Å². The van der Waals surface area contributed by atoms with Crippen LogP contribution in [0, 0.1) is 29.1 Å². The van der Waals surface area contributed by atoms with Gasteiger partial charge in [0.1, 0.15) is 11.0 Å². The van der Waals surface area contributed by atoms with Gasteiger partial charge in [-0.3, -0.25) is 4.79 Å². The molecule has 0 unspecified atom stereocenters. The molecule has 2 aromatic heterocycles. The van der Waals surface area contributed by atoms with Crippen molar-refractivity contribution in [2.45, 2.75) is 91.2 Å². The van der Waals surface area contributed by atoms with Crippen molar-refractivity contribution in [3.63, 3.8) is 0 Å². The molecule has 7 nitrogen and oxygen atoms in total. The van der Waals surface area contributed by atoms with E-state index >= 15 is 0 Å². The zero-order chi connectivity index (χ0) is 27.4.